The second-order valence-electron chi connectivity index (χ2n) is 6.59. The highest BCUT2D eigenvalue weighted by Gasteiger charge is 2.42. The normalized spacial score (nSPS) is 18.2. The van der Waals surface area contributed by atoms with Crippen LogP contribution in [-0.2, 0) is 20.9 Å². The van der Waals surface area contributed by atoms with Crippen molar-refractivity contribution in [1.82, 2.24) is 15.2 Å². The van der Waals surface area contributed by atoms with E-state index < -0.39 is 6.04 Å². The number of methoxy groups -OCH3 is 3. The van der Waals surface area contributed by atoms with Gasteiger partial charge in [0.2, 0.25) is 11.8 Å². The van der Waals surface area contributed by atoms with E-state index in [1.807, 2.05) is 30.3 Å². The lowest BCUT2D eigenvalue weighted by molar-refractivity contribution is -0.142. The van der Waals surface area contributed by atoms with Gasteiger partial charge in [0, 0.05) is 19.1 Å². The minimum absolute atomic E-state index is 0.103. The molecule has 1 aromatic heterocycles. The zero-order chi connectivity index (χ0) is 21.5. The minimum Gasteiger partial charge on any atom is -0.493 e. The van der Waals surface area contributed by atoms with Crippen molar-refractivity contribution in [3.8, 4) is 11.5 Å². The highest BCUT2D eigenvalue weighted by Crippen LogP contribution is 2.43. The maximum absolute atomic E-state index is 12.9. The number of benzene rings is 1. The second kappa shape index (κ2) is 10.3. The summed E-state index contributed by atoms with van der Waals surface area (Å²) in [5, 5.41) is 2.55. The van der Waals surface area contributed by atoms with Gasteiger partial charge in [-0.3, -0.25) is 14.6 Å². The molecule has 1 aliphatic rings. The number of rotatable bonds is 8. The molecular weight excluding hydrogens is 406 g/mol. The van der Waals surface area contributed by atoms with E-state index in [2.05, 4.69) is 10.3 Å². The van der Waals surface area contributed by atoms with Crippen LogP contribution in [0.15, 0.2) is 42.6 Å². The van der Waals surface area contributed by atoms with Crippen LogP contribution in [0.1, 0.15) is 16.6 Å². The quantitative estimate of drug-likeness (QED) is 0.684. The highest BCUT2D eigenvalue weighted by atomic mass is 32.2. The lowest BCUT2D eigenvalue weighted by Crippen LogP contribution is -2.48. The van der Waals surface area contributed by atoms with Gasteiger partial charge in [0.15, 0.2) is 11.5 Å². The Balaban J connectivity index is 1.81. The summed E-state index contributed by atoms with van der Waals surface area (Å²) in [6.45, 7) is 0.197. The number of nitrogens with zero attached hydrogens (tertiary/aromatic N) is 2. The van der Waals surface area contributed by atoms with Crippen molar-refractivity contribution < 1.29 is 23.8 Å². The van der Waals surface area contributed by atoms with Gasteiger partial charge in [-0.1, -0.05) is 12.1 Å². The second-order valence-corrected chi connectivity index (χ2v) is 7.70. The van der Waals surface area contributed by atoms with Crippen LogP contribution in [0, 0.1) is 0 Å². The number of hydrogen-bond donors (Lipinski definition) is 1. The number of nitrogens with one attached hydrogen (secondary N) is 1. The van der Waals surface area contributed by atoms with Crippen LogP contribution in [0.25, 0.3) is 0 Å². The molecular formula is C21H25N3O5S. The Morgan fingerprint density at radius 3 is 2.63 bits per heavy atom. The van der Waals surface area contributed by atoms with Crippen molar-refractivity contribution in [3.05, 3.63) is 53.9 Å². The standard InChI is InChI=1S/C21H25N3O5S/c1-27-12-19(25)24-16(20(26)23-11-15-6-4-5-9-22-15)13-30-21(24)14-7-8-17(28-2)18(10-14)29-3/h4-10,16,21H,11-13H2,1-3H3,(H,23,26). The number of thioether (sulfide) groups is 1. The first-order chi connectivity index (χ1) is 14.6. The van der Waals surface area contributed by atoms with Gasteiger partial charge in [0.25, 0.3) is 0 Å². The topological polar surface area (TPSA) is 90.0 Å². The maximum atomic E-state index is 12.9. The Morgan fingerprint density at radius 1 is 1.17 bits per heavy atom. The van der Waals surface area contributed by atoms with E-state index in [4.69, 9.17) is 14.2 Å². The number of ether oxygens (including phenoxy) is 3. The molecule has 2 unspecified atom stereocenters. The summed E-state index contributed by atoms with van der Waals surface area (Å²) in [7, 11) is 4.59. The Labute approximate surface area is 179 Å². The molecule has 0 radical (unpaired) electrons. The van der Waals surface area contributed by atoms with Crippen molar-refractivity contribution in [1.29, 1.82) is 0 Å². The number of aromatic nitrogens is 1. The summed E-state index contributed by atoms with van der Waals surface area (Å²) in [6, 6.07) is 10.4. The number of carbonyl (C=O) groups excluding carboxylic acids is 2. The smallest absolute Gasteiger partial charge is 0.250 e. The average molecular weight is 432 g/mol. The van der Waals surface area contributed by atoms with E-state index in [1.165, 1.54) is 18.9 Å². The van der Waals surface area contributed by atoms with Crippen LogP contribution < -0.4 is 14.8 Å². The number of pyridine rings is 1. The lowest BCUT2D eigenvalue weighted by atomic mass is 10.1. The molecule has 3 rings (SSSR count). The molecule has 8 nitrogen and oxygen atoms in total. The van der Waals surface area contributed by atoms with Crippen LogP contribution >= 0.6 is 11.8 Å². The van der Waals surface area contributed by atoms with Gasteiger partial charge >= 0.3 is 0 Å². The molecule has 1 N–H and O–H groups in total. The predicted octanol–water partition coefficient (Wildman–Crippen LogP) is 2.00. The van der Waals surface area contributed by atoms with Crippen LogP contribution in [0.3, 0.4) is 0 Å². The molecule has 9 heteroatoms. The third-order valence-electron chi connectivity index (χ3n) is 4.72. The maximum Gasteiger partial charge on any atom is 0.250 e. The molecule has 2 aromatic rings. The van der Waals surface area contributed by atoms with Gasteiger partial charge in [0.05, 0.1) is 26.5 Å². The third-order valence-corrected chi connectivity index (χ3v) is 6.04. The average Bonchev–Trinajstić information content (AvgIpc) is 3.23. The van der Waals surface area contributed by atoms with Crippen molar-refractivity contribution >= 4 is 23.6 Å². The SMILES string of the molecule is COCC(=O)N1C(C(=O)NCc2ccccn2)CSC1c1ccc(OC)c(OC)c1. The molecule has 0 spiro atoms. The fraction of sp³-hybridized carbons (Fsp3) is 0.381. The van der Waals surface area contributed by atoms with Gasteiger partial charge in [-0.25, -0.2) is 0 Å². The van der Waals surface area contributed by atoms with E-state index in [0.717, 1.165) is 11.3 Å². The van der Waals surface area contributed by atoms with Gasteiger partial charge in [-0.2, -0.15) is 0 Å². The Hall–Kier alpha value is -2.78. The molecule has 30 heavy (non-hydrogen) atoms. The van der Waals surface area contributed by atoms with E-state index in [-0.39, 0.29) is 23.8 Å². The molecule has 0 saturated carbocycles. The fourth-order valence-electron chi connectivity index (χ4n) is 3.27. The van der Waals surface area contributed by atoms with Crippen molar-refractivity contribution in [2.45, 2.75) is 18.0 Å². The van der Waals surface area contributed by atoms with Crippen LogP contribution in [0.2, 0.25) is 0 Å². The molecule has 1 aromatic carbocycles. The summed E-state index contributed by atoms with van der Waals surface area (Å²) in [6.07, 6.45) is 1.68. The first-order valence-electron chi connectivity index (χ1n) is 9.40. The number of amides is 2. The molecule has 1 saturated heterocycles. The monoisotopic (exact) mass is 431 g/mol. The molecule has 0 aliphatic carbocycles. The zero-order valence-corrected chi connectivity index (χ0v) is 18.0. The van der Waals surface area contributed by atoms with Crippen molar-refractivity contribution in [3.63, 3.8) is 0 Å². The molecule has 2 heterocycles. The Bertz CT molecular complexity index is 880. The van der Waals surface area contributed by atoms with Crippen molar-refractivity contribution in [2.24, 2.45) is 0 Å². The molecule has 1 aliphatic heterocycles. The fourth-order valence-corrected chi connectivity index (χ4v) is 4.71. The minimum atomic E-state index is -0.612. The first-order valence-corrected chi connectivity index (χ1v) is 10.4. The summed E-state index contributed by atoms with van der Waals surface area (Å²) in [5.74, 6) is 1.17. The van der Waals surface area contributed by atoms with Gasteiger partial charge in [-0.05, 0) is 29.8 Å². The highest BCUT2D eigenvalue weighted by molar-refractivity contribution is 7.99. The summed E-state index contributed by atoms with van der Waals surface area (Å²) in [5.41, 5.74) is 1.60. The Morgan fingerprint density at radius 2 is 1.97 bits per heavy atom. The molecule has 2 amide bonds. The predicted molar refractivity (Wildman–Crippen MR) is 113 cm³/mol. The van der Waals surface area contributed by atoms with E-state index in [0.29, 0.717) is 23.8 Å². The van der Waals surface area contributed by atoms with Crippen LogP contribution in [-0.4, -0.2) is 61.4 Å². The molecule has 160 valence electrons. The zero-order valence-electron chi connectivity index (χ0n) is 17.2. The van der Waals surface area contributed by atoms with Gasteiger partial charge < -0.3 is 24.4 Å². The number of carbonyl (C=O) groups is 2. The van der Waals surface area contributed by atoms with E-state index >= 15 is 0 Å². The molecule has 2 atom stereocenters. The summed E-state index contributed by atoms with van der Waals surface area (Å²) in [4.78, 5) is 31.5. The summed E-state index contributed by atoms with van der Waals surface area (Å²) < 4.78 is 15.7. The molecule has 0 bridgehead atoms. The van der Waals surface area contributed by atoms with E-state index in [1.54, 1.807) is 31.4 Å². The lowest BCUT2D eigenvalue weighted by Gasteiger charge is -2.29. The van der Waals surface area contributed by atoms with Crippen LogP contribution in [0.4, 0.5) is 0 Å². The van der Waals surface area contributed by atoms with E-state index in [9.17, 15) is 9.59 Å². The van der Waals surface area contributed by atoms with Gasteiger partial charge in [0.1, 0.15) is 18.0 Å². The van der Waals surface area contributed by atoms with Crippen LogP contribution in [0.5, 0.6) is 11.5 Å². The first kappa shape index (κ1) is 21.9. The number of hydrogen-bond acceptors (Lipinski definition) is 7. The van der Waals surface area contributed by atoms with Crippen molar-refractivity contribution in [2.75, 3.05) is 33.7 Å². The van der Waals surface area contributed by atoms with Gasteiger partial charge in [-0.15, -0.1) is 11.8 Å². The summed E-state index contributed by atoms with van der Waals surface area (Å²) >= 11 is 1.53. The third kappa shape index (κ3) is 4.85. The Kier molecular flexibility index (Phi) is 7.53. The molecule has 1 fully saturated rings. The largest absolute Gasteiger partial charge is 0.493 e.